The van der Waals surface area contributed by atoms with Crippen LogP contribution in [-0.4, -0.2) is 25.7 Å². The van der Waals surface area contributed by atoms with Gasteiger partial charge in [0.1, 0.15) is 5.82 Å². The second-order valence-electron chi connectivity index (χ2n) is 5.23. The van der Waals surface area contributed by atoms with Gasteiger partial charge in [0.15, 0.2) is 0 Å². The van der Waals surface area contributed by atoms with Crippen molar-refractivity contribution in [3.05, 3.63) is 30.1 Å². The van der Waals surface area contributed by atoms with Gasteiger partial charge in [0.2, 0.25) is 0 Å². The fourth-order valence-corrected chi connectivity index (χ4v) is 2.12. The van der Waals surface area contributed by atoms with Gasteiger partial charge in [-0.25, -0.2) is 4.39 Å². The summed E-state index contributed by atoms with van der Waals surface area (Å²) in [5, 5.41) is 3.43. The van der Waals surface area contributed by atoms with Gasteiger partial charge in [-0.2, -0.15) is 0 Å². The molecule has 0 aliphatic heterocycles. The highest BCUT2D eigenvalue weighted by atomic mass is 19.1. The molecule has 0 bridgehead atoms. The molecule has 3 heteroatoms. The molecule has 1 aromatic carbocycles. The summed E-state index contributed by atoms with van der Waals surface area (Å²) in [4.78, 5) is 2.30. The Kier molecular flexibility index (Phi) is 7.49. The van der Waals surface area contributed by atoms with E-state index in [4.69, 9.17) is 0 Å². The van der Waals surface area contributed by atoms with E-state index in [1.54, 1.807) is 0 Å². The molecule has 0 aliphatic rings. The number of nitrogens with zero attached hydrogens (tertiary/aromatic N) is 1. The van der Waals surface area contributed by atoms with Crippen LogP contribution in [0.3, 0.4) is 0 Å². The van der Waals surface area contributed by atoms with E-state index in [2.05, 4.69) is 31.0 Å². The molecular formula is C16H27FN2. The van der Waals surface area contributed by atoms with E-state index in [0.29, 0.717) is 6.04 Å². The standard InChI is InChI=1S/C16H27FN2/c1-4-19(16-10-8-15(17)9-11-16)13-7-5-6-12-18-14(2)3/h8-11,14,18H,4-7,12-13H2,1-3H3. The van der Waals surface area contributed by atoms with Crippen molar-refractivity contribution in [2.24, 2.45) is 0 Å². The topological polar surface area (TPSA) is 15.3 Å². The molecule has 0 unspecified atom stereocenters. The first kappa shape index (κ1) is 16.0. The second kappa shape index (κ2) is 8.92. The number of anilines is 1. The van der Waals surface area contributed by atoms with Crippen molar-refractivity contribution in [3.63, 3.8) is 0 Å². The minimum absolute atomic E-state index is 0.167. The van der Waals surface area contributed by atoms with Gasteiger partial charge in [0, 0.05) is 24.8 Å². The van der Waals surface area contributed by atoms with E-state index in [1.165, 1.54) is 31.4 Å². The van der Waals surface area contributed by atoms with Gasteiger partial charge < -0.3 is 10.2 Å². The Labute approximate surface area is 117 Å². The predicted molar refractivity (Wildman–Crippen MR) is 81.3 cm³/mol. The summed E-state index contributed by atoms with van der Waals surface area (Å²) in [7, 11) is 0. The summed E-state index contributed by atoms with van der Waals surface area (Å²) in [6.07, 6.45) is 3.64. The van der Waals surface area contributed by atoms with Gasteiger partial charge in [-0.3, -0.25) is 0 Å². The maximum absolute atomic E-state index is 12.9. The van der Waals surface area contributed by atoms with Crippen molar-refractivity contribution in [2.45, 2.75) is 46.1 Å². The van der Waals surface area contributed by atoms with Crippen molar-refractivity contribution in [2.75, 3.05) is 24.5 Å². The van der Waals surface area contributed by atoms with Crippen LogP contribution in [0.2, 0.25) is 0 Å². The number of halogens is 1. The van der Waals surface area contributed by atoms with Crippen molar-refractivity contribution in [1.82, 2.24) is 5.32 Å². The van der Waals surface area contributed by atoms with Crippen molar-refractivity contribution in [3.8, 4) is 0 Å². The lowest BCUT2D eigenvalue weighted by Crippen LogP contribution is -2.25. The molecule has 0 radical (unpaired) electrons. The highest BCUT2D eigenvalue weighted by Gasteiger charge is 2.03. The first-order valence-corrected chi connectivity index (χ1v) is 7.37. The molecule has 1 rings (SSSR count). The van der Waals surface area contributed by atoms with Crippen LogP contribution >= 0.6 is 0 Å². The molecule has 0 aromatic heterocycles. The minimum atomic E-state index is -0.167. The SMILES string of the molecule is CCN(CCCCCNC(C)C)c1ccc(F)cc1. The molecule has 1 N–H and O–H groups in total. The molecule has 0 saturated heterocycles. The molecule has 0 aliphatic carbocycles. The molecule has 1 aromatic rings. The summed E-state index contributed by atoms with van der Waals surface area (Å²) in [5.41, 5.74) is 1.12. The Morgan fingerprint density at radius 2 is 1.79 bits per heavy atom. The Morgan fingerprint density at radius 1 is 1.11 bits per heavy atom. The third-order valence-electron chi connectivity index (χ3n) is 3.23. The lowest BCUT2D eigenvalue weighted by molar-refractivity contribution is 0.547. The molecule has 108 valence electrons. The van der Waals surface area contributed by atoms with Crippen molar-refractivity contribution in [1.29, 1.82) is 0 Å². The third-order valence-corrected chi connectivity index (χ3v) is 3.23. The summed E-state index contributed by atoms with van der Waals surface area (Å²) in [6.45, 7) is 9.60. The molecular weight excluding hydrogens is 239 g/mol. The highest BCUT2D eigenvalue weighted by molar-refractivity contribution is 5.45. The van der Waals surface area contributed by atoms with Crippen LogP contribution < -0.4 is 10.2 Å². The van der Waals surface area contributed by atoms with Crippen LogP contribution in [0.5, 0.6) is 0 Å². The zero-order valence-corrected chi connectivity index (χ0v) is 12.5. The summed E-state index contributed by atoms with van der Waals surface area (Å²) < 4.78 is 12.9. The van der Waals surface area contributed by atoms with Gasteiger partial charge in [0.05, 0.1) is 0 Å². The van der Waals surface area contributed by atoms with Gasteiger partial charge in [-0.1, -0.05) is 20.3 Å². The first-order chi connectivity index (χ1) is 9.13. The zero-order valence-electron chi connectivity index (χ0n) is 12.5. The van der Waals surface area contributed by atoms with E-state index >= 15 is 0 Å². The number of benzene rings is 1. The Balaban J connectivity index is 2.24. The molecule has 0 spiro atoms. The Bertz CT molecular complexity index is 335. The second-order valence-corrected chi connectivity index (χ2v) is 5.23. The van der Waals surface area contributed by atoms with Gasteiger partial charge in [-0.05, 0) is 50.6 Å². The van der Waals surface area contributed by atoms with Crippen LogP contribution in [0.4, 0.5) is 10.1 Å². The molecule has 0 saturated carbocycles. The largest absolute Gasteiger partial charge is 0.372 e. The quantitative estimate of drug-likeness (QED) is 0.684. The minimum Gasteiger partial charge on any atom is -0.372 e. The number of nitrogens with one attached hydrogen (secondary N) is 1. The van der Waals surface area contributed by atoms with E-state index in [9.17, 15) is 4.39 Å². The van der Waals surface area contributed by atoms with Gasteiger partial charge >= 0.3 is 0 Å². The number of unbranched alkanes of at least 4 members (excludes halogenated alkanes) is 2. The molecule has 0 heterocycles. The third kappa shape index (κ3) is 6.58. The van der Waals surface area contributed by atoms with Crippen molar-refractivity contribution < 1.29 is 4.39 Å². The lowest BCUT2D eigenvalue weighted by atomic mass is 10.2. The number of hydrogen-bond acceptors (Lipinski definition) is 2. The molecule has 0 fully saturated rings. The predicted octanol–water partition coefficient (Wildman–Crippen LogP) is 3.82. The number of rotatable bonds is 9. The Morgan fingerprint density at radius 3 is 2.37 bits per heavy atom. The highest BCUT2D eigenvalue weighted by Crippen LogP contribution is 2.15. The Hall–Kier alpha value is -1.09. The average Bonchev–Trinajstić information content (AvgIpc) is 2.39. The first-order valence-electron chi connectivity index (χ1n) is 7.37. The zero-order chi connectivity index (χ0) is 14.1. The summed E-state index contributed by atoms with van der Waals surface area (Å²) in [6, 6.07) is 7.36. The van der Waals surface area contributed by atoms with Crippen LogP contribution in [0.1, 0.15) is 40.0 Å². The van der Waals surface area contributed by atoms with Crippen molar-refractivity contribution >= 4 is 5.69 Å². The maximum Gasteiger partial charge on any atom is 0.123 e. The van der Waals surface area contributed by atoms with Crippen LogP contribution in [-0.2, 0) is 0 Å². The normalized spacial score (nSPS) is 11.0. The van der Waals surface area contributed by atoms with E-state index in [0.717, 1.165) is 25.3 Å². The van der Waals surface area contributed by atoms with Crippen LogP contribution in [0, 0.1) is 5.82 Å². The monoisotopic (exact) mass is 266 g/mol. The average molecular weight is 266 g/mol. The van der Waals surface area contributed by atoms with Gasteiger partial charge in [-0.15, -0.1) is 0 Å². The molecule has 2 nitrogen and oxygen atoms in total. The smallest absolute Gasteiger partial charge is 0.123 e. The molecule has 0 atom stereocenters. The van der Waals surface area contributed by atoms with E-state index in [-0.39, 0.29) is 5.82 Å². The van der Waals surface area contributed by atoms with Gasteiger partial charge in [0.25, 0.3) is 0 Å². The van der Waals surface area contributed by atoms with Crippen LogP contribution in [0.15, 0.2) is 24.3 Å². The fourth-order valence-electron chi connectivity index (χ4n) is 2.12. The molecule has 0 amide bonds. The summed E-state index contributed by atoms with van der Waals surface area (Å²) >= 11 is 0. The fraction of sp³-hybridized carbons (Fsp3) is 0.625. The van der Waals surface area contributed by atoms with E-state index < -0.39 is 0 Å². The molecule has 19 heavy (non-hydrogen) atoms. The number of hydrogen-bond donors (Lipinski definition) is 1. The van der Waals surface area contributed by atoms with E-state index in [1.807, 2.05) is 12.1 Å². The lowest BCUT2D eigenvalue weighted by Gasteiger charge is -2.23. The maximum atomic E-state index is 12.9. The summed E-state index contributed by atoms with van der Waals surface area (Å²) in [5.74, 6) is -0.167. The van der Waals surface area contributed by atoms with Crippen LogP contribution in [0.25, 0.3) is 0 Å².